The molecule has 0 radical (unpaired) electrons. The van der Waals surface area contributed by atoms with E-state index in [0.29, 0.717) is 11.3 Å². The lowest BCUT2D eigenvalue weighted by molar-refractivity contribution is 0.0965. The van der Waals surface area contributed by atoms with E-state index in [1.807, 2.05) is 6.07 Å². The van der Waals surface area contributed by atoms with Crippen LogP contribution >= 0.6 is 0 Å². The summed E-state index contributed by atoms with van der Waals surface area (Å²) in [6.45, 7) is 5.96. The number of carbonyl (C=O) groups is 1. The Morgan fingerprint density at radius 3 is 2.28 bits per heavy atom. The van der Waals surface area contributed by atoms with E-state index in [1.165, 1.54) is 19.4 Å². The molecule has 1 aliphatic rings. The molecule has 1 N–H and O–H groups in total. The number of nitrogens with one attached hydrogen (secondary N) is 1. The minimum absolute atomic E-state index is 0.142. The topological polar surface area (TPSA) is 75.7 Å². The lowest BCUT2D eigenvalue weighted by Gasteiger charge is -2.32. The zero-order chi connectivity index (χ0) is 20.9. The van der Waals surface area contributed by atoms with Crippen LogP contribution in [0.15, 0.2) is 54.6 Å². The number of nitrogens with zero attached hydrogens (tertiary/aromatic N) is 1. The van der Waals surface area contributed by atoms with Gasteiger partial charge in [-0.15, -0.1) is 0 Å². The van der Waals surface area contributed by atoms with E-state index in [9.17, 15) is 13.2 Å². The monoisotopic (exact) mass is 416 g/mol. The van der Waals surface area contributed by atoms with Gasteiger partial charge in [0.1, 0.15) is 11.9 Å². The van der Waals surface area contributed by atoms with Gasteiger partial charge in [-0.2, -0.15) is 0 Å². The van der Waals surface area contributed by atoms with Crippen LogP contribution in [0.2, 0.25) is 0 Å². The minimum atomic E-state index is -3.64. The first-order valence-electron chi connectivity index (χ1n) is 9.92. The quantitative estimate of drug-likeness (QED) is 0.750. The highest BCUT2D eigenvalue weighted by Gasteiger charge is 2.22. The van der Waals surface area contributed by atoms with Gasteiger partial charge in [0, 0.05) is 25.2 Å². The highest BCUT2D eigenvalue weighted by atomic mass is 32.2. The molecular formula is C22H28N2O4S. The summed E-state index contributed by atoms with van der Waals surface area (Å²) in [4.78, 5) is 14.5. The molecule has 7 heteroatoms. The number of hydrogen-bond donors (Lipinski definition) is 1. The summed E-state index contributed by atoms with van der Waals surface area (Å²) in [5, 5.41) is -0.665. The van der Waals surface area contributed by atoms with Crippen molar-refractivity contribution < 1.29 is 17.9 Å². The number of likely N-dealkylation sites (tertiary alicyclic amines) is 1. The lowest BCUT2D eigenvalue weighted by atomic mass is 10.1. The molecule has 0 unspecified atom stereocenters. The van der Waals surface area contributed by atoms with Gasteiger partial charge in [0.05, 0.1) is 5.25 Å². The summed E-state index contributed by atoms with van der Waals surface area (Å²) in [5.74, 6) is 0.0641. The Morgan fingerprint density at radius 2 is 1.69 bits per heavy atom. The summed E-state index contributed by atoms with van der Waals surface area (Å²) in [6, 6.07) is 17.1. The average Bonchev–Trinajstić information content (AvgIpc) is 2.70. The Hall–Kier alpha value is -2.38. The molecule has 29 heavy (non-hydrogen) atoms. The summed E-state index contributed by atoms with van der Waals surface area (Å²) < 4.78 is 31.8. The van der Waals surface area contributed by atoms with Gasteiger partial charge < -0.3 is 4.74 Å². The zero-order valence-corrected chi connectivity index (χ0v) is 17.7. The van der Waals surface area contributed by atoms with Gasteiger partial charge in [-0.3, -0.25) is 9.69 Å². The van der Waals surface area contributed by atoms with E-state index < -0.39 is 21.2 Å². The standard InChI is InChI=1S/C22H28N2O4S/c1-17(2)29(26,27)23-22(25)19-8-10-20(11-9-19)28-21-12-14-24(15-13-21)16-18-6-4-3-5-7-18/h3-11,17,21H,12-16H2,1-2H3,(H,23,25). The minimum Gasteiger partial charge on any atom is -0.490 e. The third kappa shape index (κ3) is 6.05. The highest BCUT2D eigenvalue weighted by Crippen LogP contribution is 2.21. The van der Waals surface area contributed by atoms with Crippen molar-refractivity contribution in [3.63, 3.8) is 0 Å². The van der Waals surface area contributed by atoms with Crippen molar-refractivity contribution in [2.24, 2.45) is 0 Å². The molecule has 3 rings (SSSR count). The van der Waals surface area contributed by atoms with E-state index in [0.717, 1.165) is 32.5 Å². The number of hydrogen-bond acceptors (Lipinski definition) is 5. The van der Waals surface area contributed by atoms with Crippen LogP contribution in [0.4, 0.5) is 0 Å². The molecule has 1 saturated heterocycles. The largest absolute Gasteiger partial charge is 0.490 e. The number of piperidine rings is 1. The van der Waals surface area contributed by atoms with E-state index in [4.69, 9.17) is 4.74 Å². The summed E-state index contributed by atoms with van der Waals surface area (Å²) in [6.07, 6.45) is 2.03. The summed E-state index contributed by atoms with van der Waals surface area (Å²) in [7, 11) is -3.64. The molecule has 1 heterocycles. The zero-order valence-electron chi connectivity index (χ0n) is 16.9. The van der Waals surface area contributed by atoms with Gasteiger partial charge in [0.25, 0.3) is 5.91 Å². The van der Waals surface area contributed by atoms with Crippen molar-refractivity contribution in [3.05, 3.63) is 65.7 Å². The third-order valence-electron chi connectivity index (χ3n) is 5.06. The van der Waals surface area contributed by atoms with Crippen molar-refractivity contribution in [3.8, 4) is 5.75 Å². The average molecular weight is 417 g/mol. The Morgan fingerprint density at radius 1 is 1.07 bits per heavy atom. The Balaban J connectivity index is 1.49. The van der Waals surface area contributed by atoms with Crippen molar-refractivity contribution in [1.82, 2.24) is 9.62 Å². The van der Waals surface area contributed by atoms with Gasteiger partial charge in [-0.25, -0.2) is 13.1 Å². The number of carbonyl (C=O) groups excluding carboxylic acids is 1. The van der Waals surface area contributed by atoms with Gasteiger partial charge in [0.2, 0.25) is 10.0 Å². The van der Waals surface area contributed by atoms with Crippen LogP contribution in [0.1, 0.15) is 42.6 Å². The molecule has 0 saturated carbocycles. The first-order chi connectivity index (χ1) is 13.8. The second kappa shape index (κ2) is 9.41. The molecule has 0 spiro atoms. The number of ether oxygens (including phenoxy) is 1. The summed E-state index contributed by atoms with van der Waals surface area (Å²) >= 11 is 0. The lowest BCUT2D eigenvalue weighted by Crippen LogP contribution is -2.37. The SMILES string of the molecule is CC(C)S(=O)(=O)NC(=O)c1ccc(OC2CCN(Cc3ccccc3)CC2)cc1. The third-order valence-corrected chi connectivity index (χ3v) is 6.77. The van der Waals surface area contributed by atoms with E-state index in [-0.39, 0.29) is 6.10 Å². The molecule has 156 valence electrons. The first-order valence-corrected chi connectivity index (χ1v) is 11.5. The molecule has 0 aromatic heterocycles. The van der Waals surface area contributed by atoms with Crippen molar-refractivity contribution in [2.75, 3.05) is 13.1 Å². The maximum absolute atomic E-state index is 12.1. The molecule has 1 aliphatic heterocycles. The van der Waals surface area contributed by atoms with Crippen molar-refractivity contribution in [2.45, 2.75) is 44.6 Å². The molecule has 2 aromatic carbocycles. The van der Waals surface area contributed by atoms with Gasteiger partial charge in [0.15, 0.2) is 0 Å². The molecule has 1 fully saturated rings. The number of rotatable bonds is 7. The smallest absolute Gasteiger partial charge is 0.264 e. The maximum atomic E-state index is 12.1. The Bertz CT molecular complexity index is 904. The van der Waals surface area contributed by atoms with E-state index in [1.54, 1.807) is 24.3 Å². The second-order valence-electron chi connectivity index (χ2n) is 7.63. The summed E-state index contributed by atoms with van der Waals surface area (Å²) in [5.41, 5.74) is 1.61. The van der Waals surface area contributed by atoms with Crippen molar-refractivity contribution >= 4 is 15.9 Å². The fourth-order valence-electron chi connectivity index (χ4n) is 3.21. The Kier molecular flexibility index (Phi) is 6.92. The second-order valence-corrected chi connectivity index (χ2v) is 9.87. The fraction of sp³-hybridized carbons (Fsp3) is 0.409. The predicted octanol–water partition coefficient (Wildman–Crippen LogP) is 3.20. The van der Waals surface area contributed by atoms with Gasteiger partial charge in [-0.1, -0.05) is 30.3 Å². The molecule has 2 aromatic rings. The van der Waals surface area contributed by atoms with Crippen molar-refractivity contribution in [1.29, 1.82) is 0 Å². The molecule has 0 atom stereocenters. The van der Waals surface area contributed by atoms with Crippen LogP contribution in [-0.4, -0.2) is 43.7 Å². The van der Waals surface area contributed by atoms with Crippen LogP contribution in [0, 0.1) is 0 Å². The van der Waals surface area contributed by atoms with E-state index >= 15 is 0 Å². The fourth-order valence-corrected chi connectivity index (χ4v) is 3.82. The molecule has 1 amide bonds. The predicted molar refractivity (Wildman–Crippen MR) is 113 cm³/mol. The van der Waals surface area contributed by atoms with Crippen LogP contribution in [0.5, 0.6) is 5.75 Å². The van der Waals surface area contributed by atoms with Crippen LogP contribution < -0.4 is 9.46 Å². The molecule has 0 aliphatic carbocycles. The molecule has 0 bridgehead atoms. The van der Waals surface area contributed by atoms with Crippen LogP contribution in [-0.2, 0) is 16.6 Å². The van der Waals surface area contributed by atoms with Gasteiger partial charge >= 0.3 is 0 Å². The Labute approximate surface area is 172 Å². The normalized spacial score (nSPS) is 16.0. The number of benzene rings is 2. The van der Waals surface area contributed by atoms with E-state index in [2.05, 4.69) is 33.9 Å². The van der Waals surface area contributed by atoms with Crippen LogP contribution in [0.25, 0.3) is 0 Å². The first kappa shape index (κ1) is 21.3. The number of amides is 1. The highest BCUT2D eigenvalue weighted by molar-refractivity contribution is 7.90. The molecule has 6 nitrogen and oxygen atoms in total. The number of sulfonamides is 1. The van der Waals surface area contributed by atoms with Gasteiger partial charge in [-0.05, 0) is 56.5 Å². The van der Waals surface area contributed by atoms with Crippen LogP contribution in [0.3, 0.4) is 0 Å². The maximum Gasteiger partial charge on any atom is 0.264 e. The molecular weight excluding hydrogens is 388 g/mol.